The number of hydrogen-bond donors (Lipinski definition) is 1. The van der Waals surface area contributed by atoms with Gasteiger partial charge in [0.1, 0.15) is 23.0 Å². The summed E-state index contributed by atoms with van der Waals surface area (Å²) < 4.78 is 16.2. The number of rotatable bonds is 8. The first-order valence-corrected chi connectivity index (χ1v) is 8.08. The van der Waals surface area contributed by atoms with E-state index in [1.165, 1.54) is 25.3 Å². The molecule has 5 nitrogen and oxygen atoms in total. The second-order valence-electron chi connectivity index (χ2n) is 5.15. The SMILES string of the molecule is CCOc1ccc(C(=O)C=Cc2ccc(O)cc2OC)c(OCC)c1. The minimum Gasteiger partial charge on any atom is -0.508 e. The molecular weight excluding hydrogens is 320 g/mol. The van der Waals surface area contributed by atoms with Crippen LogP contribution in [0.5, 0.6) is 23.0 Å². The van der Waals surface area contributed by atoms with E-state index >= 15 is 0 Å². The maximum absolute atomic E-state index is 12.6. The van der Waals surface area contributed by atoms with Gasteiger partial charge in [-0.1, -0.05) is 0 Å². The molecule has 0 saturated heterocycles. The summed E-state index contributed by atoms with van der Waals surface area (Å²) >= 11 is 0. The number of carbonyl (C=O) groups excluding carboxylic acids is 1. The number of methoxy groups -OCH3 is 1. The molecule has 1 N–H and O–H groups in total. The predicted octanol–water partition coefficient (Wildman–Crippen LogP) is 4.09. The molecule has 0 fully saturated rings. The van der Waals surface area contributed by atoms with Crippen molar-refractivity contribution in [2.75, 3.05) is 20.3 Å². The van der Waals surface area contributed by atoms with Crippen molar-refractivity contribution in [3.8, 4) is 23.0 Å². The van der Waals surface area contributed by atoms with E-state index in [2.05, 4.69) is 0 Å². The van der Waals surface area contributed by atoms with Crippen molar-refractivity contribution >= 4 is 11.9 Å². The van der Waals surface area contributed by atoms with Crippen LogP contribution < -0.4 is 14.2 Å². The van der Waals surface area contributed by atoms with Crippen LogP contribution in [0.1, 0.15) is 29.8 Å². The maximum atomic E-state index is 12.6. The zero-order chi connectivity index (χ0) is 18.2. The van der Waals surface area contributed by atoms with Crippen LogP contribution in [0.3, 0.4) is 0 Å². The van der Waals surface area contributed by atoms with E-state index in [1.54, 1.807) is 30.3 Å². The summed E-state index contributed by atoms with van der Waals surface area (Å²) in [6.45, 7) is 4.75. The van der Waals surface area contributed by atoms with Crippen LogP contribution in [-0.4, -0.2) is 31.2 Å². The van der Waals surface area contributed by atoms with Crippen LogP contribution >= 0.6 is 0 Å². The summed E-state index contributed by atoms with van der Waals surface area (Å²) in [5.74, 6) is 1.54. The van der Waals surface area contributed by atoms with E-state index in [0.717, 1.165) is 0 Å². The third-order valence-electron chi connectivity index (χ3n) is 3.46. The summed E-state index contributed by atoms with van der Waals surface area (Å²) in [5, 5.41) is 9.49. The van der Waals surface area contributed by atoms with Crippen LogP contribution in [-0.2, 0) is 0 Å². The van der Waals surface area contributed by atoms with E-state index in [4.69, 9.17) is 14.2 Å². The van der Waals surface area contributed by atoms with Gasteiger partial charge in [-0.2, -0.15) is 0 Å². The number of allylic oxidation sites excluding steroid dienone is 1. The van der Waals surface area contributed by atoms with Crippen LogP contribution in [0.25, 0.3) is 6.08 Å². The van der Waals surface area contributed by atoms with Gasteiger partial charge in [0, 0.05) is 17.7 Å². The summed E-state index contributed by atoms with van der Waals surface area (Å²) in [7, 11) is 1.51. The van der Waals surface area contributed by atoms with E-state index < -0.39 is 0 Å². The Morgan fingerprint density at radius 1 is 1.04 bits per heavy atom. The highest BCUT2D eigenvalue weighted by Gasteiger charge is 2.12. The fourth-order valence-corrected chi connectivity index (χ4v) is 2.33. The van der Waals surface area contributed by atoms with Crippen molar-refractivity contribution < 1.29 is 24.1 Å². The van der Waals surface area contributed by atoms with Gasteiger partial charge in [0.25, 0.3) is 0 Å². The highest BCUT2D eigenvalue weighted by atomic mass is 16.5. The van der Waals surface area contributed by atoms with E-state index in [-0.39, 0.29) is 11.5 Å². The molecule has 0 aliphatic heterocycles. The molecule has 25 heavy (non-hydrogen) atoms. The lowest BCUT2D eigenvalue weighted by Gasteiger charge is -2.11. The topological polar surface area (TPSA) is 65.0 Å². The normalized spacial score (nSPS) is 10.7. The Morgan fingerprint density at radius 2 is 1.80 bits per heavy atom. The van der Waals surface area contributed by atoms with Crippen LogP contribution in [0, 0.1) is 0 Å². The summed E-state index contributed by atoms with van der Waals surface area (Å²) in [6.07, 6.45) is 3.10. The standard InChI is InChI=1S/C20H22O5/c1-4-24-16-9-10-17(20(13-16)25-5-2)18(22)11-7-14-6-8-15(21)12-19(14)23-3/h6-13,21H,4-5H2,1-3H3. The Hall–Kier alpha value is -2.95. The van der Waals surface area contributed by atoms with Crippen molar-refractivity contribution in [2.24, 2.45) is 0 Å². The molecule has 0 aromatic heterocycles. The first-order valence-electron chi connectivity index (χ1n) is 8.08. The molecule has 0 unspecified atom stereocenters. The highest BCUT2D eigenvalue weighted by molar-refractivity contribution is 6.08. The molecule has 0 aliphatic rings. The Balaban J connectivity index is 2.28. The summed E-state index contributed by atoms with van der Waals surface area (Å²) in [5.41, 5.74) is 1.15. The van der Waals surface area contributed by atoms with Gasteiger partial charge in [0.05, 0.1) is 25.9 Å². The number of hydrogen-bond acceptors (Lipinski definition) is 5. The van der Waals surface area contributed by atoms with E-state index in [0.29, 0.717) is 41.6 Å². The van der Waals surface area contributed by atoms with Gasteiger partial charge in [0.15, 0.2) is 5.78 Å². The quantitative estimate of drug-likeness (QED) is 0.578. The Labute approximate surface area is 147 Å². The minimum absolute atomic E-state index is 0.102. The maximum Gasteiger partial charge on any atom is 0.189 e. The highest BCUT2D eigenvalue weighted by Crippen LogP contribution is 2.28. The van der Waals surface area contributed by atoms with Gasteiger partial charge < -0.3 is 19.3 Å². The van der Waals surface area contributed by atoms with Gasteiger partial charge in [-0.3, -0.25) is 4.79 Å². The molecule has 0 aliphatic carbocycles. The zero-order valence-electron chi connectivity index (χ0n) is 14.6. The molecule has 5 heteroatoms. The number of ketones is 1. The fourth-order valence-electron chi connectivity index (χ4n) is 2.33. The molecule has 0 saturated carbocycles. The average molecular weight is 342 g/mol. The lowest BCUT2D eigenvalue weighted by Crippen LogP contribution is -2.03. The molecule has 0 atom stereocenters. The van der Waals surface area contributed by atoms with Crippen molar-refractivity contribution in [1.82, 2.24) is 0 Å². The third-order valence-corrected chi connectivity index (χ3v) is 3.46. The summed E-state index contributed by atoms with van der Waals surface area (Å²) in [4.78, 5) is 12.6. The second kappa shape index (κ2) is 8.78. The molecule has 0 bridgehead atoms. The van der Waals surface area contributed by atoms with Gasteiger partial charge in [0.2, 0.25) is 0 Å². The molecule has 0 radical (unpaired) electrons. The van der Waals surface area contributed by atoms with Crippen molar-refractivity contribution in [2.45, 2.75) is 13.8 Å². The van der Waals surface area contributed by atoms with Crippen LogP contribution in [0.2, 0.25) is 0 Å². The lowest BCUT2D eigenvalue weighted by molar-refractivity contribution is 0.104. The fraction of sp³-hybridized carbons (Fsp3) is 0.250. The molecule has 2 rings (SSSR count). The largest absolute Gasteiger partial charge is 0.508 e. The van der Waals surface area contributed by atoms with Crippen LogP contribution in [0.15, 0.2) is 42.5 Å². The van der Waals surface area contributed by atoms with Gasteiger partial charge >= 0.3 is 0 Å². The van der Waals surface area contributed by atoms with E-state index in [1.807, 2.05) is 13.8 Å². The van der Waals surface area contributed by atoms with E-state index in [9.17, 15) is 9.90 Å². The smallest absolute Gasteiger partial charge is 0.189 e. The molecular formula is C20H22O5. The average Bonchev–Trinajstić information content (AvgIpc) is 2.61. The van der Waals surface area contributed by atoms with Gasteiger partial charge in [-0.15, -0.1) is 0 Å². The number of phenols is 1. The first kappa shape index (κ1) is 18.4. The number of ether oxygens (including phenoxy) is 3. The van der Waals surface area contributed by atoms with Crippen molar-refractivity contribution in [3.63, 3.8) is 0 Å². The second-order valence-corrected chi connectivity index (χ2v) is 5.15. The first-order chi connectivity index (χ1) is 12.1. The summed E-state index contributed by atoms with van der Waals surface area (Å²) in [6, 6.07) is 9.86. The molecule has 0 spiro atoms. The van der Waals surface area contributed by atoms with Gasteiger partial charge in [-0.05, 0) is 50.3 Å². The van der Waals surface area contributed by atoms with Gasteiger partial charge in [-0.25, -0.2) is 0 Å². The molecule has 2 aromatic rings. The van der Waals surface area contributed by atoms with Crippen molar-refractivity contribution in [3.05, 3.63) is 53.6 Å². The molecule has 0 heterocycles. The van der Waals surface area contributed by atoms with Crippen molar-refractivity contribution in [1.29, 1.82) is 0 Å². The Bertz CT molecular complexity index is 765. The zero-order valence-corrected chi connectivity index (χ0v) is 14.6. The molecule has 2 aromatic carbocycles. The Morgan fingerprint density at radius 3 is 2.48 bits per heavy atom. The molecule has 132 valence electrons. The Kier molecular flexibility index (Phi) is 6.46. The minimum atomic E-state index is -0.193. The predicted molar refractivity (Wildman–Crippen MR) is 96.8 cm³/mol. The third kappa shape index (κ3) is 4.76. The number of aromatic hydroxyl groups is 1. The molecule has 0 amide bonds. The lowest BCUT2D eigenvalue weighted by atomic mass is 10.1. The monoisotopic (exact) mass is 342 g/mol. The number of carbonyl (C=O) groups is 1. The van der Waals surface area contributed by atoms with Crippen LogP contribution in [0.4, 0.5) is 0 Å². The number of benzene rings is 2. The number of phenolic OH excluding ortho intramolecular Hbond substituents is 1.